The molecule has 1 unspecified atom stereocenters. The molecule has 1 rings (SSSR count). The van der Waals surface area contributed by atoms with E-state index in [2.05, 4.69) is 56.4 Å². The lowest BCUT2D eigenvalue weighted by molar-refractivity contribution is 0.451. The summed E-state index contributed by atoms with van der Waals surface area (Å²) in [6.07, 6.45) is 2.63. The van der Waals surface area contributed by atoms with E-state index in [1.807, 2.05) is 11.8 Å². The molecule has 2 heteroatoms. The highest BCUT2D eigenvalue weighted by molar-refractivity contribution is 7.99. The van der Waals surface area contributed by atoms with Crippen LogP contribution in [0.4, 0.5) is 0 Å². The quantitative estimate of drug-likeness (QED) is 0.523. The summed E-state index contributed by atoms with van der Waals surface area (Å²) < 4.78 is 0. The molecule has 0 fully saturated rings. The van der Waals surface area contributed by atoms with Gasteiger partial charge in [-0.05, 0) is 55.7 Å². The number of hydrogen-bond donors (Lipinski definition) is 1. The van der Waals surface area contributed by atoms with Crippen LogP contribution in [0.15, 0.2) is 35.2 Å². The Hall–Kier alpha value is -0.470. The van der Waals surface area contributed by atoms with Crippen molar-refractivity contribution in [3.63, 3.8) is 0 Å². The predicted octanol–water partition coefficient (Wildman–Crippen LogP) is 4.44. The second-order valence-corrected chi connectivity index (χ2v) is 6.63. The molecule has 0 saturated carbocycles. The first-order valence-corrected chi connectivity index (χ1v) is 8.05. The molecule has 0 amide bonds. The maximum Gasteiger partial charge on any atom is 0.00719 e. The Kier molecular flexibility index (Phi) is 8.19. The van der Waals surface area contributed by atoms with Crippen LogP contribution in [-0.4, -0.2) is 18.8 Å². The molecular formula is C16H27NS. The number of benzene rings is 1. The summed E-state index contributed by atoms with van der Waals surface area (Å²) in [6.45, 7) is 9.17. The Morgan fingerprint density at radius 3 is 2.44 bits per heavy atom. The number of nitrogens with one attached hydrogen (secondary N) is 1. The minimum Gasteiger partial charge on any atom is -0.316 e. The maximum atomic E-state index is 3.54. The molecule has 0 aliphatic carbocycles. The van der Waals surface area contributed by atoms with Crippen LogP contribution in [-0.2, 0) is 0 Å². The summed E-state index contributed by atoms with van der Waals surface area (Å²) in [6, 6.07) is 10.7. The highest BCUT2D eigenvalue weighted by atomic mass is 32.2. The molecule has 0 aliphatic rings. The van der Waals surface area contributed by atoms with Gasteiger partial charge in [0.15, 0.2) is 0 Å². The third-order valence-corrected chi connectivity index (χ3v) is 4.00. The largest absolute Gasteiger partial charge is 0.316 e. The lowest BCUT2D eigenvalue weighted by Gasteiger charge is -2.13. The van der Waals surface area contributed by atoms with E-state index < -0.39 is 0 Å². The summed E-state index contributed by atoms with van der Waals surface area (Å²) in [5, 5.41) is 3.54. The fourth-order valence-corrected chi connectivity index (χ4v) is 2.76. The van der Waals surface area contributed by atoms with Crippen molar-refractivity contribution in [3.8, 4) is 0 Å². The Morgan fingerprint density at radius 2 is 1.78 bits per heavy atom. The van der Waals surface area contributed by atoms with Crippen molar-refractivity contribution in [2.24, 2.45) is 11.8 Å². The third-order valence-electron chi connectivity index (χ3n) is 2.90. The van der Waals surface area contributed by atoms with Gasteiger partial charge in [-0.1, -0.05) is 39.0 Å². The van der Waals surface area contributed by atoms with E-state index in [-0.39, 0.29) is 0 Å². The number of thioether (sulfide) groups is 1. The van der Waals surface area contributed by atoms with E-state index in [1.165, 1.54) is 23.5 Å². The standard InChI is InChI=1S/C16H27NS/c1-14(2)12-17-13-15(3)8-7-11-18-16-9-5-4-6-10-16/h4-6,9-10,14-15,17H,7-8,11-13H2,1-3H3. The number of rotatable bonds is 9. The molecule has 102 valence electrons. The van der Waals surface area contributed by atoms with Gasteiger partial charge in [0, 0.05) is 4.90 Å². The fraction of sp³-hybridized carbons (Fsp3) is 0.625. The summed E-state index contributed by atoms with van der Waals surface area (Å²) >= 11 is 1.97. The second kappa shape index (κ2) is 9.46. The van der Waals surface area contributed by atoms with Gasteiger partial charge in [0.1, 0.15) is 0 Å². The van der Waals surface area contributed by atoms with Gasteiger partial charge in [0.05, 0.1) is 0 Å². The minimum atomic E-state index is 0.755. The second-order valence-electron chi connectivity index (χ2n) is 5.46. The molecule has 1 aromatic carbocycles. The van der Waals surface area contributed by atoms with Crippen molar-refractivity contribution in [1.29, 1.82) is 0 Å². The van der Waals surface area contributed by atoms with Gasteiger partial charge in [-0.2, -0.15) is 0 Å². The molecule has 0 saturated heterocycles. The predicted molar refractivity (Wildman–Crippen MR) is 83.3 cm³/mol. The van der Waals surface area contributed by atoms with Crippen LogP contribution in [0, 0.1) is 11.8 Å². The average Bonchev–Trinajstić information content (AvgIpc) is 2.35. The van der Waals surface area contributed by atoms with Crippen molar-refractivity contribution in [1.82, 2.24) is 5.32 Å². The first-order chi connectivity index (χ1) is 8.68. The fourth-order valence-electron chi connectivity index (χ4n) is 1.86. The number of hydrogen-bond acceptors (Lipinski definition) is 2. The summed E-state index contributed by atoms with van der Waals surface area (Å²) in [5.41, 5.74) is 0. The zero-order valence-corrected chi connectivity index (χ0v) is 12.8. The van der Waals surface area contributed by atoms with Crippen LogP contribution < -0.4 is 5.32 Å². The Labute approximate surface area is 117 Å². The smallest absolute Gasteiger partial charge is 0.00719 e. The van der Waals surface area contributed by atoms with E-state index >= 15 is 0 Å². The lowest BCUT2D eigenvalue weighted by atomic mass is 10.1. The summed E-state index contributed by atoms with van der Waals surface area (Å²) in [5.74, 6) is 2.78. The van der Waals surface area contributed by atoms with E-state index in [0.29, 0.717) is 0 Å². The van der Waals surface area contributed by atoms with Crippen LogP contribution >= 0.6 is 11.8 Å². The van der Waals surface area contributed by atoms with E-state index in [4.69, 9.17) is 0 Å². The van der Waals surface area contributed by atoms with E-state index in [1.54, 1.807) is 0 Å². The monoisotopic (exact) mass is 265 g/mol. The molecule has 0 bridgehead atoms. The Balaban J connectivity index is 2.00. The van der Waals surface area contributed by atoms with Gasteiger partial charge in [0.25, 0.3) is 0 Å². The third kappa shape index (κ3) is 7.78. The van der Waals surface area contributed by atoms with Gasteiger partial charge in [-0.3, -0.25) is 0 Å². The van der Waals surface area contributed by atoms with Gasteiger partial charge in [-0.15, -0.1) is 11.8 Å². The van der Waals surface area contributed by atoms with Crippen LogP contribution in [0.3, 0.4) is 0 Å². The highest BCUT2D eigenvalue weighted by Gasteiger charge is 2.02. The van der Waals surface area contributed by atoms with E-state index in [0.717, 1.165) is 24.9 Å². The van der Waals surface area contributed by atoms with Crippen molar-refractivity contribution in [2.75, 3.05) is 18.8 Å². The molecule has 1 nitrogen and oxygen atoms in total. The van der Waals surface area contributed by atoms with Crippen molar-refractivity contribution in [2.45, 2.75) is 38.5 Å². The van der Waals surface area contributed by atoms with Crippen LogP contribution in [0.25, 0.3) is 0 Å². The van der Waals surface area contributed by atoms with Crippen molar-refractivity contribution >= 4 is 11.8 Å². The summed E-state index contributed by atoms with van der Waals surface area (Å²) in [7, 11) is 0. The molecule has 0 radical (unpaired) electrons. The van der Waals surface area contributed by atoms with Gasteiger partial charge < -0.3 is 5.32 Å². The molecule has 1 N–H and O–H groups in total. The van der Waals surface area contributed by atoms with Gasteiger partial charge >= 0.3 is 0 Å². The Morgan fingerprint density at radius 1 is 1.06 bits per heavy atom. The van der Waals surface area contributed by atoms with Gasteiger partial charge in [0.2, 0.25) is 0 Å². The normalized spacial score (nSPS) is 12.9. The molecule has 18 heavy (non-hydrogen) atoms. The minimum absolute atomic E-state index is 0.755. The topological polar surface area (TPSA) is 12.0 Å². The van der Waals surface area contributed by atoms with Crippen LogP contribution in [0.5, 0.6) is 0 Å². The SMILES string of the molecule is CC(C)CNCC(C)CCCSc1ccccc1. The van der Waals surface area contributed by atoms with Crippen molar-refractivity contribution < 1.29 is 0 Å². The molecular weight excluding hydrogens is 238 g/mol. The van der Waals surface area contributed by atoms with Crippen molar-refractivity contribution in [3.05, 3.63) is 30.3 Å². The molecule has 0 aromatic heterocycles. The molecule has 1 atom stereocenters. The van der Waals surface area contributed by atoms with Crippen LogP contribution in [0.2, 0.25) is 0 Å². The first-order valence-electron chi connectivity index (χ1n) is 7.07. The first kappa shape index (κ1) is 15.6. The van der Waals surface area contributed by atoms with E-state index in [9.17, 15) is 0 Å². The zero-order chi connectivity index (χ0) is 13.2. The lowest BCUT2D eigenvalue weighted by Crippen LogP contribution is -2.25. The zero-order valence-electron chi connectivity index (χ0n) is 12.0. The molecule has 1 aromatic rings. The Bertz CT molecular complexity index is 297. The van der Waals surface area contributed by atoms with Gasteiger partial charge in [-0.25, -0.2) is 0 Å². The molecule has 0 aliphatic heterocycles. The molecule has 0 heterocycles. The molecule has 0 spiro atoms. The average molecular weight is 265 g/mol. The highest BCUT2D eigenvalue weighted by Crippen LogP contribution is 2.19. The maximum absolute atomic E-state index is 3.54. The summed E-state index contributed by atoms with van der Waals surface area (Å²) in [4.78, 5) is 1.39. The van der Waals surface area contributed by atoms with Crippen LogP contribution in [0.1, 0.15) is 33.6 Å².